The molecule has 36 heavy (non-hydrogen) atoms. The average Bonchev–Trinajstić information content (AvgIpc) is 3.06. The Hall–Kier alpha value is -3.39. The van der Waals surface area contributed by atoms with Gasteiger partial charge in [0.2, 0.25) is 5.88 Å². The first kappa shape index (κ1) is 23.0. The number of hydrogen-bond donors (Lipinski definition) is 0. The number of ether oxygens (including phenoxy) is 2. The number of likely N-dealkylation sites (tertiary alicyclic amines) is 1. The van der Waals surface area contributed by atoms with Crippen LogP contribution < -0.4 is 15.2 Å². The second-order valence-corrected chi connectivity index (χ2v) is 9.90. The number of pyridine rings is 2. The standard InChI is InChI=1S/C28H33N5O3/c1-3-20-18-36-27-21(9-10-22-25(27)26-23(17-29-22)31(2)28(34)33(20)26)19-8-11-24(30-16-19)35-15-7-14-32-12-5-4-6-13-32/h8-11,16-17,20H,3-7,12-15,18H2,1-2H3/t20-/m1/s1. The third kappa shape index (κ3) is 3.93. The summed E-state index contributed by atoms with van der Waals surface area (Å²) in [4.78, 5) is 24.9. The van der Waals surface area contributed by atoms with Crippen LogP contribution in [0, 0.1) is 0 Å². The molecule has 0 N–H and O–H groups in total. The lowest BCUT2D eigenvalue weighted by atomic mass is 10.0. The van der Waals surface area contributed by atoms with Crippen LogP contribution in [-0.4, -0.2) is 56.9 Å². The molecule has 188 valence electrons. The fourth-order valence-corrected chi connectivity index (χ4v) is 5.62. The molecular weight excluding hydrogens is 454 g/mol. The highest BCUT2D eigenvalue weighted by Crippen LogP contribution is 2.42. The molecule has 0 unspecified atom stereocenters. The van der Waals surface area contributed by atoms with Crippen molar-refractivity contribution in [1.82, 2.24) is 24.0 Å². The van der Waals surface area contributed by atoms with E-state index in [-0.39, 0.29) is 11.7 Å². The van der Waals surface area contributed by atoms with Crippen molar-refractivity contribution in [2.45, 2.75) is 45.1 Å². The Labute approximate surface area is 210 Å². The highest BCUT2D eigenvalue weighted by Gasteiger charge is 2.27. The van der Waals surface area contributed by atoms with Crippen LogP contribution in [-0.2, 0) is 7.05 Å². The summed E-state index contributed by atoms with van der Waals surface area (Å²) in [5.74, 6) is 1.40. The summed E-state index contributed by atoms with van der Waals surface area (Å²) in [6, 6.07) is 7.95. The van der Waals surface area contributed by atoms with E-state index in [1.165, 1.54) is 32.4 Å². The minimum atomic E-state index is -0.0362. The van der Waals surface area contributed by atoms with E-state index in [0.29, 0.717) is 19.1 Å². The number of hydrogen-bond acceptors (Lipinski definition) is 6. The molecule has 1 aromatic carbocycles. The first-order valence-corrected chi connectivity index (χ1v) is 13.1. The molecule has 0 amide bonds. The molecule has 1 atom stereocenters. The van der Waals surface area contributed by atoms with Crippen LogP contribution in [0.15, 0.2) is 41.5 Å². The quantitative estimate of drug-likeness (QED) is 0.356. The van der Waals surface area contributed by atoms with Gasteiger partial charge < -0.3 is 14.4 Å². The lowest BCUT2D eigenvalue weighted by Crippen LogP contribution is -2.31. The summed E-state index contributed by atoms with van der Waals surface area (Å²) in [7, 11) is 1.81. The number of aromatic nitrogens is 4. The molecule has 3 aromatic heterocycles. The molecule has 6 rings (SSSR count). The van der Waals surface area contributed by atoms with Crippen molar-refractivity contribution in [1.29, 1.82) is 0 Å². The lowest BCUT2D eigenvalue weighted by molar-refractivity contribution is 0.203. The Kier molecular flexibility index (Phi) is 6.13. The molecule has 0 aliphatic carbocycles. The summed E-state index contributed by atoms with van der Waals surface area (Å²) in [6.07, 6.45) is 9.42. The van der Waals surface area contributed by atoms with E-state index >= 15 is 0 Å². The zero-order chi connectivity index (χ0) is 24.6. The van der Waals surface area contributed by atoms with Gasteiger partial charge >= 0.3 is 5.69 Å². The maximum atomic E-state index is 13.1. The van der Waals surface area contributed by atoms with Gasteiger partial charge in [-0.15, -0.1) is 0 Å². The van der Waals surface area contributed by atoms with Crippen LogP contribution in [0.1, 0.15) is 45.1 Å². The van der Waals surface area contributed by atoms with Gasteiger partial charge in [0.05, 0.1) is 40.8 Å². The van der Waals surface area contributed by atoms with Gasteiger partial charge in [-0.1, -0.05) is 13.3 Å². The second kappa shape index (κ2) is 9.58. The normalized spacial score (nSPS) is 18.0. The van der Waals surface area contributed by atoms with E-state index in [9.17, 15) is 4.79 Å². The fourth-order valence-electron chi connectivity index (χ4n) is 5.62. The van der Waals surface area contributed by atoms with Gasteiger partial charge in [0, 0.05) is 37.0 Å². The maximum Gasteiger partial charge on any atom is 0.329 e. The first-order chi connectivity index (χ1) is 17.7. The van der Waals surface area contributed by atoms with Crippen molar-refractivity contribution in [3.8, 4) is 22.8 Å². The highest BCUT2D eigenvalue weighted by atomic mass is 16.5. The van der Waals surface area contributed by atoms with Gasteiger partial charge in [0.15, 0.2) is 0 Å². The van der Waals surface area contributed by atoms with Gasteiger partial charge in [0.1, 0.15) is 12.4 Å². The van der Waals surface area contributed by atoms with E-state index in [4.69, 9.17) is 9.47 Å². The Balaban J connectivity index is 1.29. The van der Waals surface area contributed by atoms with E-state index in [2.05, 4.69) is 21.8 Å². The number of nitrogens with zero attached hydrogens (tertiary/aromatic N) is 5. The summed E-state index contributed by atoms with van der Waals surface area (Å²) < 4.78 is 15.9. The maximum absolute atomic E-state index is 13.1. The number of aryl methyl sites for hydroxylation is 1. The molecule has 8 heteroatoms. The number of benzene rings is 1. The minimum absolute atomic E-state index is 0.0311. The largest absolute Gasteiger partial charge is 0.490 e. The van der Waals surface area contributed by atoms with E-state index in [1.807, 2.05) is 42.1 Å². The molecule has 0 spiro atoms. The van der Waals surface area contributed by atoms with E-state index < -0.39 is 0 Å². The highest BCUT2D eigenvalue weighted by molar-refractivity contribution is 6.09. The summed E-state index contributed by atoms with van der Waals surface area (Å²) in [5, 5.41) is 0.886. The van der Waals surface area contributed by atoms with Crippen LogP contribution in [0.5, 0.6) is 11.6 Å². The summed E-state index contributed by atoms with van der Waals surface area (Å²) >= 11 is 0. The smallest absolute Gasteiger partial charge is 0.329 e. The molecule has 0 saturated carbocycles. The monoisotopic (exact) mass is 487 g/mol. The Bertz CT molecular complexity index is 1450. The van der Waals surface area contributed by atoms with Crippen LogP contribution in [0.3, 0.4) is 0 Å². The van der Waals surface area contributed by atoms with Crippen LogP contribution in [0.2, 0.25) is 0 Å². The van der Waals surface area contributed by atoms with E-state index in [0.717, 1.165) is 58.2 Å². The molecular formula is C28H33N5O3. The Morgan fingerprint density at radius 3 is 2.72 bits per heavy atom. The molecule has 2 aliphatic heterocycles. The Morgan fingerprint density at radius 1 is 1.08 bits per heavy atom. The van der Waals surface area contributed by atoms with Crippen LogP contribution in [0.4, 0.5) is 0 Å². The van der Waals surface area contributed by atoms with E-state index in [1.54, 1.807) is 10.8 Å². The van der Waals surface area contributed by atoms with Crippen LogP contribution in [0.25, 0.3) is 33.1 Å². The minimum Gasteiger partial charge on any atom is -0.490 e. The number of piperidine rings is 1. The second-order valence-electron chi connectivity index (χ2n) is 9.90. The molecule has 8 nitrogen and oxygen atoms in total. The predicted octanol–water partition coefficient (Wildman–Crippen LogP) is 4.55. The number of rotatable bonds is 7. The summed E-state index contributed by atoms with van der Waals surface area (Å²) in [5.41, 5.74) is 4.40. The third-order valence-electron chi connectivity index (χ3n) is 7.66. The molecule has 1 fully saturated rings. The van der Waals surface area contributed by atoms with Crippen molar-refractivity contribution >= 4 is 21.9 Å². The number of imidazole rings is 1. The molecule has 5 heterocycles. The topological polar surface area (TPSA) is 74.4 Å². The zero-order valence-electron chi connectivity index (χ0n) is 21.1. The molecule has 2 aliphatic rings. The molecule has 1 saturated heterocycles. The fraction of sp³-hybridized carbons (Fsp3) is 0.464. The lowest BCUT2D eigenvalue weighted by Gasteiger charge is -2.26. The first-order valence-electron chi connectivity index (χ1n) is 13.1. The summed E-state index contributed by atoms with van der Waals surface area (Å²) in [6.45, 7) is 6.69. The average molecular weight is 488 g/mol. The van der Waals surface area contributed by atoms with Gasteiger partial charge in [-0.3, -0.25) is 14.1 Å². The SMILES string of the molecule is CC[C@@H]1COc2c(-c3ccc(OCCCN4CCCCC4)nc3)ccc3ncc4c(c23)n1c(=O)n4C. The molecule has 4 aromatic rings. The molecule has 0 bridgehead atoms. The van der Waals surface area contributed by atoms with Crippen molar-refractivity contribution in [3.05, 3.63) is 47.1 Å². The third-order valence-corrected chi connectivity index (χ3v) is 7.66. The Morgan fingerprint density at radius 2 is 1.94 bits per heavy atom. The van der Waals surface area contributed by atoms with Gasteiger partial charge in [-0.05, 0) is 57.0 Å². The van der Waals surface area contributed by atoms with Gasteiger partial charge in [-0.2, -0.15) is 0 Å². The van der Waals surface area contributed by atoms with Crippen molar-refractivity contribution in [3.63, 3.8) is 0 Å². The van der Waals surface area contributed by atoms with Crippen LogP contribution >= 0.6 is 0 Å². The van der Waals surface area contributed by atoms with Crippen molar-refractivity contribution in [2.75, 3.05) is 32.8 Å². The predicted molar refractivity (Wildman–Crippen MR) is 141 cm³/mol. The zero-order valence-corrected chi connectivity index (χ0v) is 21.1. The van der Waals surface area contributed by atoms with Crippen molar-refractivity contribution in [2.24, 2.45) is 7.05 Å². The molecule has 0 radical (unpaired) electrons. The van der Waals surface area contributed by atoms with Crippen molar-refractivity contribution < 1.29 is 9.47 Å². The van der Waals surface area contributed by atoms with Gasteiger partial charge in [0.25, 0.3) is 0 Å². The van der Waals surface area contributed by atoms with Gasteiger partial charge in [-0.25, -0.2) is 9.78 Å².